The molecule has 2 rings (SSSR count). The van der Waals surface area contributed by atoms with Crippen molar-refractivity contribution in [2.24, 2.45) is 10.7 Å². The predicted molar refractivity (Wildman–Crippen MR) is 65.5 cm³/mol. The molecule has 0 aromatic carbocycles. The normalized spacial score (nSPS) is 29.2. The second-order valence-corrected chi connectivity index (χ2v) is 6.20. The molecule has 0 aromatic heterocycles. The highest BCUT2D eigenvalue weighted by Crippen LogP contribution is 2.29. The van der Waals surface area contributed by atoms with Gasteiger partial charge in [0.15, 0.2) is 5.96 Å². The zero-order valence-corrected chi connectivity index (χ0v) is 10.8. The molecule has 0 bridgehead atoms. The van der Waals surface area contributed by atoms with E-state index in [1.807, 2.05) is 0 Å². The van der Waals surface area contributed by atoms with Crippen molar-refractivity contribution in [1.82, 2.24) is 4.90 Å². The highest BCUT2D eigenvalue weighted by molar-refractivity contribution is 5.78. The van der Waals surface area contributed by atoms with E-state index in [0.717, 1.165) is 13.1 Å². The van der Waals surface area contributed by atoms with E-state index >= 15 is 0 Å². The van der Waals surface area contributed by atoms with E-state index < -0.39 is 0 Å². The molecule has 2 N–H and O–H groups in total. The third-order valence-corrected chi connectivity index (χ3v) is 2.88. The van der Waals surface area contributed by atoms with Gasteiger partial charge in [0.25, 0.3) is 0 Å². The van der Waals surface area contributed by atoms with Crippen molar-refractivity contribution in [2.45, 2.75) is 57.8 Å². The molecular formula is C12H23N3O. The van der Waals surface area contributed by atoms with Crippen LogP contribution in [-0.2, 0) is 4.74 Å². The predicted octanol–water partition coefficient (Wildman–Crippen LogP) is 1.35. The molecule has 1 saturated carbocycles. The second-order valence-electron chi connectivity index (χ2n) is 6.20. The molecular weight excluding hydrogens is 202 g/mol. The summed E-state index contributed by atoms with van der Waals surface area (Å²) in [5, 5.41) is 0. The smallest absolute Gasteiger partial charge is 0.191 e. The summed E-state index contributed by atoms with van der Waals surface area (Å²) in [5.41, 5.74) is 5.73. The maximum atomic E-state index is 6.05. The highest BCUT2D eigenvalue weighted by Gasteiger charge is 2.39. The Balaban J connectivity index is 2.09. The van der Waals surface area contributed by atoms with Gasteiger partial charge in [-0.25, -0.2) is 4.99 Å². The molecule has 4 nitrogen and oxygen atoms in total. The molecule has 92 valence electrons. The number of aliphatic imine (C=N–C) groups is 1. The molecule has 2 aliphatic rings. The standard InChI is InChI=1S/C12H23N3O/c1-11(2)7-15(8-12(3,4)16-11)10(13)14-9-5-6-9/h9H,5-8H2,1-4H3,(H2,13,14). The Bertz CT molecular complexity index is 289. The number of nitrogens with two attached hydrogens (primary N) is 1. The number of guanidine groups is 1. The quantitative estimate of drug-likeness (QED) is 0.541. The molecule has 4 heteroatoms. The van der Waals surface area contributed by atoms with Crippen molar-refractivity contribution in [3.63, 3.8) is 0 Å². The largest absolute Gasteiger partial charge is 0.370 e. The Morgan fingerprint density at radius 3 is 2.12 bits per heavy atom. The second kappa shape index (κ2) is 3.62. The van der Waals surface area contributed by atoms with E-state index in [-0.39, 0.29) is 11.2 Å². The van der Waals surface area contributed by atoms with Crippen molar-refractivity contribution in [1.29, 1.82) is 0 Å². The van der Waals surface area contributed by atoms with Crippen LogP contribution in [0.5, 0.6) is 0 Å². The summed E-state index contributed by atoms with van der Waals surface area (Å²) in [6, 6.07) is 0.481. The van der Waals surface area contributed by atoms with Crippen LogP contribution in [0.25, 0.3) is 0 Å². The van der Waals surface area contributed by atoms with E-state index in [1.54, 1.807) is 0 Å². The number of ether oxygens (including phenoxy) is 1. The SMILES string of the molecule is CC1(C)CN(C(N)=NC2CC2)CC(C)(C)O1. The van der Waals surface area contributed by atoms with Gasteiger partial charge in [0, 0.05) is 13.1 Å². The Kier molecular flexibility index (Phi) is 2.65. The highest BCUT2D eigenvalue weighted by atomic mass is 16.5. The molecule has 1 aliphatic heterocycles. The summed E-state index contributed by atoms with van der Waals surface area (Å²) in [6.07, 6.45) is 2.38. The van der Waals surface area contributed by atoms with Gasteiger partial charge >= 0.3 is 0 Å². The minimum Gasteiger partial charge on any atom is -0.370 e. The summed E-state index contributed by atoms with van der Waals surface area (Å²) >= 11 is 0. The summed E-state index contributed by atoms with van der Waals surface area (Å²) in [6.45, 7) is 10.0. The van der Waals surface area contributed by atoms with Crippen LogP contribution in [0.2, 0.25) is 0 Å². The lowest BCUT2D eigenvalue weighted by atomic mass is 9.99. The van der Waals surface area contributed by atoms with Crippen LogP contribution in [0.15, 0.2) is 4.99 Å². The molecule has 0 unspecified atom stereocenters. The first-order chi connectivity index (χ1) is 7.27. The van der Waals surface area contributed by atoms with Crippen molar-refractivity contribution < 1.29 is 4.74 Å². The van der Waals surface area contributed by atoms with Crippen LogP contribution in [-0.4, -0.2) is 41.2 Å². The van der Waals surface area contributed by atoms with Gasteiger partial charge < -0.3 is 15.4 Å². The van der Waals surface area contributed by atoms with E-state index in [1.165, 1.54) is 12.8 Å². The Hall–Kier alpha value is -0.770. The summed E-state index contributed by atoms with van der Waals surface area (Å²) in [5.74, 6) is 0.687. The first-order valence-corrected chi connectivity index (χ1v) is 6.06. The fourth-order valence-electron chi connectivity index (χ4n) is 2.42. The first kappa shape index (κ1) is 11.7. The van der Waals surface area contributed by atoms with Crippen LogP contribution >= 0.6 is 0 Å². The molecule has 0 spiro atoms. The maximum absolute atomic E-state index is 6.05. The van der Waals surface area contributed by atoms with Crippen molar-refractivity contribution >= 4 is 5.96 Å². The van der Waals surface area contributed by atoms with E-state index in [0.29, 0.717) is 12.0 Å². The van der Waals surface area contributed by atoms with Gasteiger partial charge in [-0.3, -0.25) is 0 Å². The summed E-state index contributed by atoms with van der Waals surface area (Å²) < 4.78 is 6.01. The fourth-order valence-corrected chi connectivity index (χ4v) is 2.42. The third-order valence-electron chi connectivity index (χ3n) is 2.88. The van der Waals surface area contributed by atoms with Crippen molar-refractivity contribution in [2.75, 3.05) is 13.1 Å². The van der Waals surface area contributed by atoms with Gasteiger partial charge in [-0.1, -0.05) is 0 Å². The Morgan fingerprint density at radius 2 is 1.69 bits per heavy atom. The Morgan fingerprint density at radius 1 is 1.19 bits per heavy atom. The molecule has 0 aromatic rings. The average molecular weight is 225 g/mol. The lowest BCUT2D eigenvalue weighted by molar-refractivity contribution is -0.167. The van der Waals surface area contributed by atoms with Crippen LogP contribution in [0.1, 0.15) is 40.5 Å². The molecule has 1 aliphatic carbocycles. The average Bonchev–Trinajstić information content (AvgIpc) is 2.82. The number of hydrogen-bond acceptors (Lipinski definition) is 2. The Labute approximate surface area is 97.9 Å². The van der Waals surface area contributed by atoms with Gasteiger partial charge in [-0.2, -0.15) is 0 Å². The molecule has 0 amide bonds. The van der Waals surface area contributed by atoms with Crippen LogP contribution in [0, 0.1) is 0 Å². The molecule has 1 saturated heterocycles. The van der Waals surface area contributed by atoms with E-state index in [4.69, 9.17) is 10.5 Å². The van der Waals surface area contributed by atoms with Gasteiger partial charge in [-0.05, 0) is 40.5 Å². The molecule has 0 atom stereocenters. The molecule has 2 fully saturated rings. The number of hydrogen-bond donors (Lipinski definition) is 1. The van der Waals surface area contributed by atoms with Gasteiger partial charge in [-0.15, -0.1) is 0 Å². The lowest BCUT2D eigenvalue weighted by Crippen LogP contribution is -2.60. The lowest BCUT2D eigenvalue weighted by Gasteiger charge is -2.47. The number of nitrogens with zero attached hydrogens (tertiary/aromatic N) is 2. The van der Waals surface area contributed by atoms with E-state index in [2.05, 4.69) is 37.6 Å². The first-order valence-electron chi connectivity index (χ1n) is 6.06. The fraction of sp³-hybridized carbons (Fsp3) is 0.917. The summed E-state index contributed by atoms with van der Waals surface area (Å²) in [4.78, 5) is 6.66. The molecule has 16 heavy (non-hydrogen) atoms. The zero-order valence-electron chi connectivity index (χ0n) is 10.8. The zero-order chi connectivity index (χ0) is 12.0. The minimum atomic E-state index is -0.161. The van der Waals surface area contributed by atoms with Gasteiger partial charge in [0.05, 0.1) is 17.2 Å². The van der Waals surface area contributed by atoms with Crippen LogP contribution in [0.4, 0.5) is 0 Å². The maximum Gasteiger partial charge on any atom is 0.191 e. The van der Waals surface area contributed by atoms with Crippen molar-refractivity contribution in [3.05, 3.63) is 0 Å². The molecule has 0 radical (unpaired) electrons. The monoisotopic (exact) mass is 225 g/mol. The van der Waals surface area contributed by atoms with E-state index in [9.17, 15) is 0 Å². The van der Waals surface area contributed by atoms with Crippen LogP contribution in [0.3, 0.4) is 0 Å². The summed E-state index contributed by atoms with van der Waals surface area (Å²) in [7, 11) is 0. The van der Waals surface area contributed by atoms with Crippen molar-refractivity contribution in [3.8, 4) is 0 Å². The van der Waals surface area contributed by atoms with Crippen LogP contribution < -0.4 is 5.73 Å². The molecule has 1 heterocycles. The third kappa shape index (κ3) is 2.88. The topological polar surface area (TPSA) is 50.8 Å². The van der Waals surface area contributed by atoms with Gasteiger partial charge in [0.2, 0.25) is 0 Å². The minimum absolute atomic E-state index is 0.161. The van der Waals surface area contributed by atoms with Gasteiger partial charge in [0.1, 0.15) is 0 Å². The number of morpholine rings is 1. The number of rotatable bonds is 1.